The molecule has 1 atom stereocenters. The molecular formula is C23H27BrN2O2S. The summed E-state index contributed by atoms with van der Waals surface area (Å²) in [7, 11) is 0. The Hall–Kier alpha value is -1.92. The van der Waals surface area contributed by atoms with Gasteiger partial charge in [-0.05, 0) is 64.2 Å². The first-order chi connectivity index (χ1) is 13.7. The quantitative estimate of drug-likeness (QED) is 0.535. The van der Waals surface area contributed by atoms with Gasteiger partial charge in [-0.1, -0.05) is 39.0 Å². The molecule has 1 aromatic carbocycles. The number of carbonyl (C=O) groups is 2. The van der Waals surface area contributed by atoms with Gasteiger partial charge in [0.2, 0.25) is 0 Å². The van der Waals surface area contributed by atoms with Crippen LogP contribution in [0, 0.1) is 11.3 Å². The number of benzene rings is 1. The van der Waals surface area contributed by atoms with Crippen molar-refractivity contribution < 1.29 is 9.59 Å². The zero-order valence-corrected chi connectivity index (χ0v) is 19.5. The van der Waals surface area contributed by atoms with Crippen LogP contribution in [0.2, 0.25) is 0 Å². The van der Waals surface area contributed by atoms with Gasteiger partial charge in [-0.25, -0.2) is 0 Å². The fourth-order valence-corrected chi connectivity index (χ4v) is 5.51. The molecule has 0 fully saturated rings. The van der Waals surface area contributed by atoms with Crippen molar-refractivity contribution in [3.8, 4) is 0 Å². The van der Waals surface area contributed by atoms with Crippen LogP contribution in [0.3, 0.4) is 0 Å². The fourth-order valence-electron chi connectivity index (χ4n) is 3.72. The summed E-state index contributed by atoms with van der Waals surface area (Å²) in [6.07, 6.45) is 4.50. The predicted molar refractivity (Wildman–Crippen MR) is 124 cm³/mol. The molecule has 6 heteroatoms. The first-order valence-electron chi connectivity index (χ1n) is 9.82. The molecule has 0 spiro atoms. The number of rotatable bonds is 5. The smallest absolute Gasteiger partial charge is 0.257 e. The first-order valence-corrected chi connectivity index (χ1v) is 11.4. The van der Waals surface area contributed by atoms with Crippen LogP contribution in [0.1, 0.15) is 58.3 Å². The van der Waals surface area contributed by atoms with Gasteiger partial charge in [0.1, 0.15) is 5.00 Å². The lowest BCUT2D eigenvalue weighted by molar-refractivity contribution is 0.0957. The van der Waals surface area contributed by atoms with Crippen molar-refractivity contribution in [3.63, 3.8) is 0 Å². The summed E-state index contributed by atoms with van der Waals surface area (Å²) in [5.74, 6) is 0.185. The van der Waals surface area contributed by atoms with Crippen molar-refractivity contribution in [2.45, 2.75) is 40.0 Å². The van der Waals surface area contributed by atoms with Gasteiger partial charge in [0.15, 0.2) is 0 Å². The van der Waals surface area contributed by atoms with Gasteiger partial charge in [0.05, 0.1) is 11.1 Å². The van der Waals surface area contributed by atoms with Crippen LogP contribution in [0.25, 0.3) is 0 Å². The lowest BCUT2D eigenvalue weighted by atomic mass is 9.72. The predicted octanol–water partition coefficient (Wildman–Crippen LogP) is 5.83. The van der Waals surface area contributed by atoms with E-state index in [0.29, 0.717) is 28.6 Å². The van der Waals surface area contributed by atoms with Crippen LogP contribution < -0.4 is 10.6 Å². The highest BCUT2D eigenvalue weighted by Gasteiger charge is 2.34. The number of hydrogen-bond donors (Lipinski definition) is 2. The second-order valence-electron chi connectivity index (χ2n) is 8.45. The number of carbonyl (C=O) groups excluding carboxylic acids is 2. The Morgan fingerprint density at radius 2 is 2.00 bits per heavy atom. The molecule has 29 heavy (non-hydrogen) atoms. The summed E-state index contributed by atoms with van der Waals surface area (Å²) in [6.45, 7) is 10.9. The highest BCUT2D eigenvalue weighted by Crippen LogP contribution is 2.44. The summed E-state index contributed by atoms with van der Waals surface area (Å²) >= 11 is 4.97. The van der Waals surface area contributed by atoms with E-state index in [4.69, 9.17) is 0 Å². The summed E-state index contributed by atoms with van der Waals surface area (Å²) in [5, 5.41) is 6.51. The number of amides is 2. The molecule has 0 saturated heterocycles. The average Bonchev–Trinajstić information content (AvgIpc) is 3.02. The van der Waals surface area contributed by atoms with Gasteiger partial charge in [-0.15, -0.1) is 17.9 Å². The lowest BCUT2D eigenvalue weighted by Crippen LogP contribution is -2.29. The van der Waals surface area contributed by atoms with Crippen molar-refractivity contribution in [2.75, 3.05) is 11.9 Å². The molecule has 0 radical (unpaired) electrons. The molecule has 1 unspecified atom stereocenters. The Morgan fingerprint density at radius 1 is 1.28 bits per heavy atom. The van der Waals surface area contributed by atoms with E-state index in [1.54, 1.807) is 12.1 Å². The van der Waals surface area contributed by atoms with Crippen LogP contribution in [0.5, 0.6) is 0 Å². The van der Waals surface area contributed by atoms with Gasteiger partial charge in [0.25, 0.3) is 11.8 Å². The Balaban J connectivity index is 1.96. The van der Waals surface area contributed by atoms with Crippen molar-refractivity contribution in [2.24, 2.45) is 11.3 Å². The third-order valence-electron chi connectivity index (χ3n) is 5.47. The van der Waals surface area contributed by atoms with Gasteiger partial charge in [-0.2, -0.15) is 0 Å². The van der Waals surface area contributed by atoms with E-state index >= 15 is 0 Å². The van der Waals surface area contributed by atoms with Gasteiger partial charge in [-0.3, -0.25) is 9.59 Å². The largest absolute Gasteiger partial charge is 0.348 e. The molecule has 154 valence electrons. The Kier molecular flexibility index (Phi) is 6.64. The minimum atomic E-state index is -0.221. The zero-order valence-electron chi connectivity index (χ0n) is 17.1. The maximum Gasteiger partial charge on any atom is 0.257 e. The standard InChI is InChI=1S/C23H27BrN2O2S/c1-5-12-25-21(28)19-16-11-10-14(23(2,3)4)13-18(16)29-22(19)26-20(27)15-8-6-7-9-17(15)24/h5-9,14H,1,10-13H2,2-4H3,(H,25,28)(H,26,27). The van der Waals surface area contributed by atoms with E-state index in [1.807, 2.05) is 18.2 Å². The fraction of sp³-hybridized carbons (Fsp3) is 0.391. The summed E-state index contributed by atoms with van der Waals surface area (Å²) in [5.41, 5.74) is 2.45. The molecule has 0 saturated carbocycles. The number of anilines is 1. The molecule has 2 aromatic rings. The maximum atomic E-state index is 12.9. The Morgan fingerprint density at radius 3 is 2.66 bits per heavy atom. The SMILES string of the molecule is C=CCNC(=O)c1c(NC(=O)c2ccccc2Br)sc2c1CCC(C(C)(C)C)C2. The number of nitrogens with one attached hydrogen (secondary N) is 2. The molecule has 0 aliphatic heterocycles. The van der Waals surface area contributed by atoms with Crippen LogP contribution in [-0.2, 0) is 12.8 Å². The maximum absolute atomic E-state index is 12.9. The molecule has 1 aliphatic rings. The van der Waals surface area contributed by atoms with Crippen molar-refractivity contribution in [3.05, 3.63) is 63.0 Å². The van der Waals surface area contributed by atoms with Crippen LogP contribution in [0.15, 0.2) is 41.4 Å². The highest BCUT2D eigenvalue weighted by atomic mass is 79.9. The van der Waals surface area contributed by atoms with Crippen molar-refractivity contribution >= 4 is 44.1 Å². The van der Waals surface area contributed by atoms with Gasteiger partial charge >= 0.3 is 0 Å². The molecule has 1 heterocycles. The van der Waals surface area contributed by atoms with Crippen molar-refractivity contribution in [1.29, 1.82) is 0 Å². The van der Waals surface area contributed by atoms with Crippen LogP contribution >= 0.6 is 27.3 Å². The molecule has 0 bridgehead atoms. The first kappa shape index (κ1) is 21.8. The average molecular weight is 475 g/mol. The third kappa shape index (κ3) is 4.81. The summed E-state index contributed by atoms with van der Waals surface area (Å²) in [6, 6.07) is 7.29. The second kappa shape index (κ2) is 8.84. The molecule has 3 rings (SSSR count). The van der Waals surface area contributed by atoms with Gasteiger partial charge < -0.3 is 10.6 Å². The molecular weight excluding hydrogens is 448 g/mol. The topological polar surface area (TPSA) is 58.2 Å². The molecule has 2 N–H and O–H groups in total. The van der Waals surface area contributed by atoms with Crippen molar-refractivity contribution in [1.82, 2.24) is 5.32 Å². The monoisotopic (exact) mass is 474 g/mol. The molecule has 2 amide bonds. The van der Waals surface area contributed by atoms with Crippen LogP contribution in [-0.4, -0.2) is 18.4 Å². The van der Waals surface area contributed by atoms with Gasteiger partial charge in [0, 0.05) is 15.9 Å². The number of halogens is 1. The lowest BCUT2D eigenvalue weighted by Gasteiger charge is -2.33. The van der Waals surface area contributed by atoms with Crippen LogP contribution in [0.4, 0.5) is 5.00 Å². The van der Waals surface area contributed by atoms with E-state index in [0.717, 1.165) is 29.3 Å². The normalized spacial score (nSPS) is 16.1. The third-order valence-corrected chi connectivity index (χ3v) is 7.33. The molecule has 1 aromatic heterocycles. The highest BCUT2D eigenvalue weighted by molar-refractivity contribution is 9.10. The second-order valence-corrected chi connectivity index (χ2v) is 10.4. The van der Waals surface area contributed by atoms with E-state index in [2.05, 4.69) is 53.9 Å². The number of hydrogen-bond acceptors (Lipinski definition) is 3. The molecule has 1 aliphatic carbocycles. The minimum Gasteiger partial charge on any atom is -0.348 e. The van der Waals surface area contributed by atoms with E-state index in [1.165, 1.54) is 16.2 Å². The number of fused-ring (bicyclic) bond motifs is 1. The minimum absolute atomic E-state index is 0.154. The molecule has 4 nitrogen and oxygen atoms in total. The Bertz CT molecular complexity index is 943. The summed E-state index contributed by atoms with van der Waals surface area (Å²) < 4.78 is 0.726. The van der Waals surface area contributed by atoms with E-state index in [9.17, 15) is 9.59 Å². The zero-order chi connectivity index (χ0) is 21.2. The number of thiophene rings is 1. The van der Waals surface area contributed by atoms with E-state index in [-0.39, 0.29) is 17.2 Å². The Labute approximate surface area is 184 Å². The summed E-state index contributed by atoms with van der Waals surface area (Å²) in [4.78, 5) is 27.0. The van der Waals surface area contributed by atoms with E-state index < -0.39 is 0 Å².